The normalized spacial score (nSPS) is 15.3. The molecule has 134 valence electrons. The predicted octanol–water partition coefficient (Wildman–Crippen LogP) is 3.97. The van der Waals surface area contributed by atoms with Crippen LogP contribution in [0.1, 0.15) is 11.1 Å². The van der Waals surface area contributed by atoms with Gasteiger partial charge in [0.05, 0.1) is 5.70 Å². The van der Waals surface area contributed by atoms with Crippen molar-refractivity contribution in [3.05, 3.63) is 107 Å². The lowest BCUT2D eigenvalue weighted by molar-refractivity contribution is 1.22. The molecule has 0 unspecified atom stereocenters. The molecule has 5 rings (SSSR count). The van der Waals surface area contributed by atoms with E-state index in [1.807, 2.05) is 12.3 Å². The van der Waals surface area contributed by atoms with Gasteiger partial charge < -0.3 is 5.73 Å². The molecule has 3 aromatic carbocycles. The first-order chi connectivity index (χ1) is 13.8. The number of fused-ring (bicyclic) bond motifs is 1. The van der Waals surface area contributed by atoms with E-state index < -0.39 is 0 Å². The summed E-state index contributed by atoms with van der Waals surface area (Å²) < 4.78 is 0. The molecule has 0 saturated heterocycles. The predicted molar refractivity (Wildman–Crippen MR) is 119 cm³/mol. The topological polar surface area (TPSA) is 38.4 Å². The Hall–Kier alpha value is -3.65. The lowest BCUT2D eigenvalue weighted by Gasteiger charge is -2.09. The third-order valence-corrected chi connectivity index (χ3v) is 5.29. The number of hydrogen-bond donors (Lipinski definition) is 1. The maximum absolute atomic E-state index is 6.37. The molecule has 2 nitrogen and oxygen atoms in total. The van der Waals surface area contributed by atoms with Crippen LogP contribution in [0.3, 0.4) is 0 Å². The third-order valence-electron chi connectivity index (χ3n) is 5.29. The van der Waals surface area contributed by atoms with Crippen LogP contribution in [-0.4, -0.2) is 6.21 Å². The molecule has 0 bridgehead atoms. The van der Waals surface area contributed by atoms with Crippen molar-refractivity contribution in [2.45, 2.75) is 0 Å². The lowest BCUT2D eigenvalue weighted by atomic mass is 9.99. The molecule has 1 aliphatic heterocycles. The zero-order valence-corrected chi connectivity index (χ0v) is 15.4. The molecule has 0 fully saturated rings. The number of rotatable bonds is 4. The van der Waals surface area contributed by atoms with Crippen molar-refractivity contribution in [3.63, 3.8) is 0 Å². The Labute approximate surface area is 164 Å². The Kier molecular flexibility index (Phi) is 4.02. The second kappa shape index (κ2) is 6.82. The quantitative estimate of drug-likeness (QED) is 0.751. The van der Waals surface area contributed by atoms with Crippen LogP contribution in [0.25, 0.3) is 34.7 Å². The summed E-state index contributed by atoms with van der Waals surface area (Å²) >= 11 is 0. The number of allylic oxidation sites excluding steroid dienone is 2. The fraction of sp³-hybridized carbons (Fsp3) is 0.0385. The second-order valence-corrected chi connectivity index (χ2v) is 7.15. The summed E-state index contributed by atoms with van der Waals surface area (Å²) in [4.78, 5) is 4.24. The van der Waals surface area contributed by atoms with E-state index in [0.717, 1.165) is 22.5 Å². The van der Waals surface area contributed by atoms with Crippen molar-refractivity contribution < 1.29 is 0 Å². The first kappa shape index (κ1) is 16.5. The van der Waals surface area contributed by atoms with Crippen LogP contribution in [0.5, 0.6) is 0 Å². The molecule has 0 saturated carbocycles. The fourth-order valence-corrected chi connectivity index (χ4v) is 3.69. The van der Waals surface area contributed by atoms with Gasteiger partial charge in [0.2, 0.25) is 0 Å². The van der Waals surface area contributed by atoms with Crippen LogP contribution in [0.15, 0.2) is 89.9 Å². The minimum atomic E-state index is 0.244. The smallest absolute Gasteiger partial charge is 0.0717 e. The van der Waals surface area contributed by atoms with Crippen LogP contribution in [0, 0.1) is 5.92 Å². The van der Waals surface area contributed by atoms with Gasteiger partial charge in [-0.1, -0.05) is 91.0 Å². The number of nitrogens with zero attached hydrogens (tertiary/aromatic N) is 1. The summed E-state index contributed by atoms with van der Waals surface area (Å²) in [5.74, 6) is 0.244. The summed E-state index contributed by atoms with van der Waals surface area (Å²) in [5.41, 5.74) is 12.8. The highest BCUT2D eigenvalue weighted by atomic mass is 14.8. The Balaban J connectivity index is 1.35. The van der Waals surface area contributed by atoms with E-state index in [9.17, 15) is 0 Å². The molecule has 28 heavy (non-hydrogen) atoms. The highest BCUT2D eigenvalue weighted by Gasteiger charge is 2.07. The number of nitrogens with two attached hydrogens (primary N) is 1. The third kappa shape index (κ3) is 3.10. The zero-order chi connectivity index (χ0) is 18.9. The van der Waals surface area contributed by atoms with Crippen molar-refractivity contribution in [2.75, 3.05) is 0 Å². The van der Waals surface area contributed by atoms with Crippen molar-refractivity contribution in [1.29, 1.82) is 0 Å². The van der Waals surface area contributed by atoms with Gasteiger partial charge in [0, 0.05) is 23.4 Å². The minimum Gasteiger partial charge on any atom is -0.398 e. The van der Waals surface area contributed by atoms with E-state index in [-0.39, 0.29) is 5.92 Å². The Morgan fingerprint density at radius 2 is 1.29 bits per heavy atom. The van der Waals surface area contributed by atoms with Crippen LogP contribution >= 0.6 is 0 Å². The molecule has 1 heterocycles. The van der Waals surface area contributed by atoms with Gasteiger partial charge in [-0.15, -0.1) is 0 Å². The minimum absolute atomic E-state index is 0.244. The van der Waals surface area contributed by atoms with Crippen LogP contribution in [0.4, 0.5) is 0 Å². The molecule has 2 heteroatoms. The second-order valence-electron chi connectivity index (χ2n) is 7.15. The van der Waals surface area contributed by atoms with Crippen molar-refractivity contribution in [2.24, 2.45) is 16.6 Å². The van der Waals surface area contributed by atoms with Gasteiger partial charge in [-0.05, 0) is 33.2 Å². The molecule has 1 aliphatic carbocycles. The molecular weight excluding hydrogens is 340 g/mol. The van der Waals surface area contributed by atoms with Gasteiger partial charge in [0.15, 0.2) is 0 Å². The summed E-state index contributed by atoms with van der Waals surface area (Å²) in [5, 5.41) is 2.55. The number of benzene rings is 3. The average Bonchev–Trinajstić information content (AvgIpc) is 3.10. The number of hydrogen-bond acceptors (Lipinski definition) is 2. The molecule has 0 aromatic heterocycles. The van der Waals surface area contributed by atoms with Crippen LogP contribution in [-0.2, 0) is 0 Å². The lowest BCUT2D eigenvalue weighted by Crippen LogP contribution is -2.19. The molecule has 3 aromatic rings. The summed E-state index contributed by atoms with van der Waals surface area (Å²) in [6.07, 6.45) is 10.5. The molecule has 0 amide bonds. The van der Waals surface area contributed by atoms with E-state index in [4.69, 9.17) is 5.73 Å². The summed E-state index contributed by atoms with van der Waals surface area (Å²) in [6, 6.07) is 25.4. The van der Waals surface area contributed by atoms with E-state index >= 15 is 0 Å². The van der Waals surface area contributed by atoms with Gasteiger partial charge in [-0.3, -0.25) is 4.99 Å². The maximum Gasteiger partial charge on any atom is 0.0717 e. The zero-order valence-electron chi connectivity index (χ0n) is 15.4. The van der Waals surface area contributed by atoms with E-state index in [0.29, 0.717) is 0 Å². The van der Waals surface area contributed by atoms with Gasteiger partial charge in [0.25, 0.3) is 0 Å². The highest BCUT2D eigenvalue weighted by Crippen LogP contribution is 2.26. The van der Waals surface area contributed by atoms with Gasteiger partial charge in [-0.25, -0.2) is 0 Å². The van der Waals surface area contributed by atoms with Crippen LogP contribution < -0.4 is 16.2 Å². The molecule has 0 atom stereocenters. The first-order valence-electron chi connectivity index (χ1n) is 9.48. The molecule has 2 N–H and O–H groups in total. The largest absolute Gasteiger partial charge is 0.398 e. The monoisotopic (exact) mass is 360 g/mol. The van der Waals surface area contributed by atoms with Gasteiger partial charge >= 0.3 is 0 Å². The Bertz CT molecular complexity index is 1210. The molecular formula is C26H20N2. The first-order valence-corrected chi connectivity index (χ1v) is 9.48. The average molecular weight is 360 g/mol. The molecule has 0 radical (unpaired) electrons. The van der Waals surface area contributed by atoms with Crippen molar-refractivity contribution >= 4 is 29.8 Å². The fourth-order valence-electron chi connectivity index (χ4n) is 3.69. The van der Waals surface area contributed by atoms with E-state index in [1.54, 1.807) is 0 Å². The van der Waals surface area contributed by atoms with E-state index in [2.05, 4.69) is 96.0 Å². The van der Waals surface area contributed by atoms with Gasteiger partial charge in [-0.2, -0.15) is 0 Å². The van der Waals surface area contributed by atoms with Crippen molar-refractivity contribution in [1.82, 2.24) is 0 Å². The Morgan fingerprint density at radius 1 is 0.750 bits per heavy atom. The van der Waals surface area contributed by atoms with Crippen LogP contribution in [0.2, 0.25) is 0 Å². The number of aliphatic imine (C=N–C) groups is 1. The summed E-state index contributed by atoms with van der Waals surface area (Å²) in [7, 11) is 0. The standard InChI is InChI=1S/C26H20N2/c27-25(17-18-15-23-3-1-2-4-24(23)16-18)21-9-5-19(6-10-21)20-7-11-22(12-8-20)26-13-14-28-26/h1-18H,27H2. The summed E-state index contributed by atoms with van der Waals surface area (Å²) in [6.45, 7) is 0. The van der Waals surface area contributed by atoms with Crippen molar-refractivity contribution in [3.8, 4) is 11.1 Å². The SMILES string of the molecule is NC(=CC1C=c2ccccc2=C1)c1ccc(-c2ccc(C3=CC=N3)cc2)cc1. The highest BCUT2D eigenvalue weighted by molar-refractivity contribution is 5.96. The molecule has 2 aliphatic rings. The molecule has 0 spiro atoms. The van der Waals surface area contributed by atoms with Gasteiger partial charge in [0.1, 0.15) is 0 Å². The van der Waals surface area contributed by atoms with E-state index in [1.165, 1.54) is 21.6 Å². The Morgan fingerprint density at radius 3 is 1.82 bits per heavy atom. The maximum atomic E-state index is 6.37.